The molecule has 0 radical (unpaired) electrons. The summed E-state index contributed by atoms with van der Waals surface area (Å²) in [6, 6.07) is 6.35. The van der Waals surface area contributed by atoms with Crippen LogP contribution in [0.25, 0.3) is 0 Å². The van der Waals surface area contributed by atoms with E-state index >= 15 is 0 Å². The monoisotopic (exact) mass is 340 g/mol. The van der Waals surface area contributed by atoms with Crippen LogP contribution in [0.4, 0.5) is 4.39 Å². The summed E-state index contributed by atoms with van der Waals surface area (Å²) in [5.74, 6) is 0.508. The van der Waals surface area contributed by atoms with Gasteiger partial charge in [-0.3, -0.25) is 9.69 Å². The lowest BCUT2D eigenvalue weighted by Gasteiger charge is -2.40. The molecule has 0 aromatic heterocycles. The molecule has 1 aromatic carbocycles. The molecule has 0 unspecified atom stereocenters. The van der Waals surface area contributed by atoms with E-state index in [1.165, 1.54) is 12.1 Å². The van der Waals surface area contributed by atoms with Crippen molar-refractivity contribution in [2.24, 2.45) is 0 Å². The molecule has 1 amide bonds. The van der Waals surface area contributed by atoms with Crippen molar-refractivity contribution in [2.75, 3.05) is 38.6 Å². The fraction of sp³-hybridized carbons (Fsp3) is 0.588. The van der Waals surface area contributed by atoms with Gasteiger partial charge in [-0.2, -0.15) is 0 Å². The first-order valence-corrected chi connectivity index (χ1v) is 8.94. The number of thioether (sulfide) groups is 1. The molecule has 1 fully saturated rings. The molecule has 1 aliphatic rings. The van der Waals surface area contributed by atoms with Gasteiger partial charge in [-0.05, 0) is 38.1 Å². The van der Waals surface area contributed by atoms with Crippen LogP contribution < -0.4 is 5.32 Å². The van der Waals surface area contributed by atoms with E-state index in [0.29, 0.717) is 18.7 Å². The highest BCUT2D eigenvalue weighted by atomic mass is 32.2. The van der Waals surface area contributed by atoms with Gasteiger partial charge in [-0.15, -0.1) is 11.8 Å². The number of carbonyl (C=O) groups is 1. The van der Waals surface area contributed by atoms with Gasteiger partial charge in [0.25, 0.3) is 0 Å². The van der Waals surface area contributed by atoms with Gasteiger partial charge in [0.1, 0.15) is 5.82 Å². The smallest absolute Gasteiger partial charge is 0.220 e. The van der Waals surface area contributed by atoms with Crippen molar-refractivity contribution < 1.29 is 13.9 Å². The fourth-order valence-electron chi connectivity index (χ4n) is 2.48. The van der Waals surface area contributed by atoms with E-state index < -0.39 is 0 Å². The van der Waals surface area contributed by atoms with Crippen LogP contribution in [0.1, 0.15) is 20.3 Å². The molecule has 0 bridgehead atoms. The van der Waals surface area contributed by atoms with Crippen LogP contribution in [0.2, 0.25) is 0 Å². The van der Waals surface area contributed by atoms with Gasteiger partial charge >= 0.3 is 0 Å². The Balaban J connectivity index is 1.67. The SMILES string of the molecule is CC(C)(CNC(=O)CCSc1ccc(F)cc1)N1CCOCC1. The third-order valence-corrected chi connectivity index (χ3v) is 5.01. The molecule has 2 rings (SSSR count). The van der Waals surface area contributed by atoms with Crippen LogP contribution in [0.15, 0.2) is 29.2 Å². The maximum atomic E-state index is 12.8. The summed E-state index contributed by atoms with van der Waals surface area (Å²) < 4.78 is 18.2. The lowest BCUT2D eigenvalue weighted by atomic mass is 10.0. The molecular formula is C17H25FN2O2S. The molecule has 4 nitrogen and oxygen atoms in total. The number of nitrogens with zero attached hydrogens (tertiary/aromatic N) is 1. The van der Waals surface area contributed by atoms with E-state index in [4.69, 9.17) is 4.74 Å². The highest BCUT2D eigenvalue weighted by molar-refractivity contribution is 7.99. The molecule has 23 heavy (non-hydrogen) atoms. The highest BCUT2D eigenvalue weighted by Crippen LogP contribution is 2.19. The normalized spacial score (nSPS) is 16.3. The lowest BCUT2D eigenvalue weighted by molar-refractivity contribution is -0.121. The molecule has 0 atom stereocenters. The summed E-state index contributed by atoms with van der Waals surface area (Å²) in [5.41, 5.74) is -0.0659. The van der Waals surface area contributed by atoms with Crippen molar-refractivity contribution in [3.05, 3.63) is 30.1 Å². The average molecular weight is 340 g/mol. The summed E-state index contributed by atoms with van der Waals surface area (Å²) in [4.78, 5) is 15.3. The van der Waals surface area contributed by atoms with E-state index in [1.54, 1.807) is 23.9 Å². The van der Waals surface area contributed by atoms with E-state index in [9.17, 15) is 9.18 Å². The number of rotatable bonds is 7. The second-order valence-corrected chi connectivity index (χ2v) is 7.41. The van der Waals surface area contributed by atoms with Crippen molar-refractivity contribution in [1.29, 1.82) is 0 Å². The summed E-state index contributed by atoms with van der Waals surface area (Å²) in [6.45, 7) is 8.24. The number of nitrogens with one attached hydrogen (secondary N) is 1. The Morgan fingerprint density at radius 1 is 1.30 bits per heavy atom. The summed E-state index contributed by atoms with van der Waals surface area (Å²) in [7, 11) is 0. The van der Waals surface area contributed by atoms with Gasteiger partial charge in [0.2, 0.25) is 5.91 Å². The van der Waals surface area contributed by atoms with Crippen LogP contribution in [0.3, 0.4) is 0 Å². The molecule has 6 heteroatoms. The van der Waals surface area contributed by atoms with Crippen molar-refractivity contribution in [3.63, 3.8) is 0 Å². The lowest BCUT2D eigenvalue weighted by Crippen LogP contribution is -2.55. The maximum absolute atomic E-state index is 12.8. The van der Waals surface area contributed by atoms with Gasteiger partial charge < -0.3 is 10.1 Å². The van der Waals surface area contributed by atoms with Gasteiger partial charge in [0.15, 0.2) is 0 Å². The minimum atomic E-state index is -0.238. The summed E-state index contributed by atoms with van der Waals surface area (Å²) in [5, 5.41) is 3.02. The van der Waals surface area contributed by atoms with E-state index in [1.807, 2.05) is 0 Å². The summed E-state index contributed by atoms with van der Waals surface area (Å²) >= 11 is 1.56. The standard InChI is InChI=1S/C17H25FN2O2S/c1-17(2,20-8-10-22-11-9-20)13-19-16(21)7-12-23-15-5-3-14(18)4-6-15/h3-6H,7-13H2,1-2H3,(H,19,21). The average Bonchev–Trinajstić information content (AvgIpc) is 2.56. The van der Waals surface area contributed by atoms with Crippen LogP contribution in [0, 0.1) is 5.82 Å². The molecule has 0 saturated carbocycles. The first kappa shape index (κ1) is 18.2. The highest BCUT2D eigenvalue weighted by Gasteiger charge is 2.28. The number of halogens is 1. The molecule has 1 saturated heterocycles. The molecule has 1 heterocycles. The quantitative estimate of drug-likeness (QED) is 0.775. The first-order chi connectivity index (χ1) is 11.0. The van der Waals surface area contributed by atoms with Gasteiger partial charge in [-0.1, -0.05) is 0 Å². The molecule has 1 N–H and O–H groups in total. The van der Waals surface area contributed by atoms with Crippen molar-refractivity contribution in [1.82, 2.24) is 10.2 Å². The van der Waals surface area contributed by atoms with Crippen LogP contribution in [0.5, 0.6) is 0 Å². The fourth-order valence-corrected chi connectivity index (χ4v) is 3.33. The van der Waals surface area contributed by atoms with Crippen LogP contribution >= 0.6 is 11.8 Å². The second-order valence-electron chi connectivity index (χ2n) is 6.24. The summed E-state index contributed by atoms with van der Waals surface area (Å²) in [6.07, 6.45) is 0.460. The molecule has 1 aliphatic heterocycles. The van der Waals surface area contributed by atoms with Gasteiger partial charge in [-0.25, -0.2) is 4.39 Å². The number of carbonyl (C=O) groups excluding carboxylic acids is 1. The second kappa shape index (κ2) is 8.66. The molecule has 1 aromatic rings. The third kappa shape index (κ3) is 6.12. The van der Waals surface area contributed by atoms with E-state index in [2.05, 4.69) is 24.1 Å². The van der Waals surface area contributed by atoms with Crippen LogP contribution in [-0.2, 0) is 9.53 Å². The molecule has 128 valence electrons. The van der Waals surface area contributed by atoms with Gasteiger partial charge in [0.05, 0.1) is 13.2 Å². The Labute approximate surface area is 141 Å². The topological polar surface area (TPSA) is 41.6 Å². The predicted octanol–water partition coefficient (Wildman–Crippen LogP) is 2.53. The number of morpholine rings is 1. The number of benzene rings is 1. The zero-order chi connectivity index (χ0) is 16.7. The van der Waals surface area contributed by atoms with Crippen molar-refractivity contribution >= 4 is 17.7 Å². The number of hydrogen-bond donors (Lipinski definition) is 1. The Morgan fingerprint density at radius 2 is 1.96 bits per heavy atom. The Kier molecular flexibility index (Phi) is 6.87. The Bertz CT molecular complexity index is 502. The molecule has 0 aliphatic carbocycles. The zero-order valence-corrected chi connectivity index (χ0v) is 14.6. The number of hydrogen-bond acceptors (Lipinski definition) is 4. The largest absolute Gasteiger partial charge is 0.379 e. The number of ether oxygens (including phenoxy) is 1. The van der Waals surface area contributed by atoms with Gasteiger partial charge in [0, 0.05) is 42.2 Å². The maximum Gasteiger partial charge on any atom is 0.220 e. The Hall–Kier alpha value is -1.11. The van der Waals surface area contributed by atoms with Crippen LogP contribution in [-0.4, -0.2) is 54.9 Å². The van der Waals surface area contributed by atoms with Crippen molar-refractivity contribution in [3.8, 4) is 0 Å². The minimum absolute atomic E-state index is 0.0564. The van der Waals surface area contributed by atoms with Crippen molar-refractivity contribution in [2.45, 2.75) is 30.7 Å². The minimum Gasteiger partial charge on any atom is -0.379 e. The van der Waals surface area contributed by atoms with E-state index in [0.717, 1.165) is 31.2 Å². The number of amides is 1. The third-order valence-electron chi connectivity index (χ3n) is 4.00. The zero-order valence-electron chi connectivity index (χ0n) is 13.8. The first-order valence-electron chi connectivity index (χ1n) is 7.95. The Morgan fingerprint density at radius 3 is 2.61 bits per heavy atom. The van der Waals surface area contributed by atoms with E-state index in [-0.39, 0.29) is 17.3 Å². The molecule has 0 spiro atoms. The predicted molar refractivity (Wildman–Crippen MR) is 91.2 cm³/mol. The molecular weight excluding hydrogens is 315 g/mol.